The highest BCUT2D eigenvalue weighted by Gasteiger charge is 2.17. The fourth-order valence-corrected chi connectivity index (χ4v) is 2.60. The van der Waals surface area contributed by atoms with Gasteiger partial charge in [0, 0.05) is 18.0 Å². The predicted molar refractivity (Wildman–Crippen MR) is 69.3 cm³/mol. The Hall–Kier alpha value is -1.97. The number of nitrogens with one attached hydrogen (secondary N) is 1. The number of pyridine rings is 1. The van der Waals surface area contributed by atoms with E-state index in [1.807, 2.05) is 12.1 Å². The summed E-state index contributed by atoms with van der Waals surface area (Å²) in [5, 5.41) is 4.53. The molecule has 0 fully saturated rings. The molecule has 0 bridgehead atoms. The lowest BCUT2D eigenvalue weighted by atomic mass is 10.1. The molecule has 1 N–H and O–H groups in total. The first-order chi connectivity index (χ1) is 8.90. The maximum Gasteiger partial charge on any atom is 0.231 e. The number of rotatable bonds is 0. The van der Waals surface area contributed by atoms with Crippen molar-refractivity contribution in [2.45, 2.75) is 19.3 Å². The van der Waals surface area contributed by atoms with Crippen LogP contribution in [0, 0.1) is 0 Å². The molecule has 0 saturated carbocycles. The van der Waals surface area contributed by atoms with E-state index in [0.717, 1.165) is 41.2 Å². The van der Waals surface area contributed by atoms with Crippen LogP contribution in [0.4, 0.5) is 5.82 Å². The summed E-state index contributed by atoms with van der Waals surface area (Å²) >= 11 is 0. The van der Waals surface area contributed by atoms with Crippen molar-refractivity contribution in [2.75, 3.05) is 18.7 Å². The van der Waals surface area contributed by atoms with Gasteiger partial charge in [0.2, 0.25) is 6.79 Å². The zero-order valence-corrected chi connectivity index (χ0v) is 10.0. The molecule has 4 rings (SSSR count). The number of hydrogen-bond donors (Lipinski definition) is 1. The summed E-state index contributed by atoms with van der Waals surface area (Å²) in [7, 11) is 0. The Morgan fingerprint density at radius 1 is 1.06 bits per heavy atom. The monoisotopic (exact) mass is 242 g/mol. The molecular weight excluding hydrogens is 228 g/mol. The average molecular weight is 242 g/mol. The van der Waals surface area contributed by atoms with Crippen LogP contribution in [0.3, 0.4) is 0 Å². The van der Waals surface area contributed by atoms with E-state index in [-0.39, 0.29) is 0 Å². The lowest BCUT2D eigenvalue weighted by molar-refractivity contribution is 0.174. The van der Waals surface area contributed by atoms with E-state index < -0.39 is 0 Å². The van der Waals surface area contributed by atoms with E-state index in [1.165, 1.54) is 18.4 Å². The van der Waals surface area contributed by atoms with Crippen molar-refractivity contribution in [1.82, 2.24) is 4.98 Å². The number of anilines is 1. The summed E-state index contributed by atoms with van der Waals surface area (Å²) in [6.45, 7) is 1.32. The van der Waals surface area contributed by atoms with Crippen LogP contribution in [0.2, 0.25) is 0 Å². The highest BCUT2D eigenvalue weighted by atomic mass is 16.7. The van der Waals surface area contributed by atoms with Crippen LogP contribution in [0.5, 0.6) is 11.5 Å². The minimum absolute atomic E-state index is 0.309. The van der Waals surface area contributed by atoms with Crippen LogP contribution in [0.1, 0.15) is 18.4 Å². The summed E-state index contributed by atoms with van der Waals surface area (Å²) in [4.78, 5) is 4.71. The third-order valence-corrected chi connectivity index (χ3v) is 3.55. The maximum absolute atomic E-state index is 5.41. The lowest BCUT2D eigenvalue weighted by Crippen LogP contribution is -2.02. The number of aryl methyl sites for hydroxylation is 1. The van der Waals surface area contributed by atoms with Crippen molar-refractivity contribution in [3.63, 3.8) is 0 Å². The third-order valence-electron chi connectivity index (χ3n) is 3.55. The first-order valence-corrected chi connectivity index (χ1v) is 6.37. The van der Waals surface area contributed by atoms with Gasteiger partial charge in [-0.05, 0) is 37.0 Å². The fourth-order valence-electron chi connectivity index (χ4n) is 2.60. The lowest BCUT2D eigenvalue weighted by Gasteiger charge is -2.09. The molecule has 2 aromatic rings. The van der Waals surface area contributed by atoms with Crippen LogP contribution in [-0.4, -0.2) is 18.3 Å². The van der Waals surface area contributed by atoms with Crippen molar-refractivity contribution in [2.24, 2.45) is 0 Å². The van der Waals surface area contributed by atoms with Gasteiger partial charge in [-0.25, -0.2) is 4.98 Å². The van der Waals surface area contributed by atoms with Gasteiger partial charge in [-0.2, -0.15) is 0 Å². The minimum Gasteiger partial charge on any atom is -0.454 e. The molecule has 1 aromatic carbocycles. The van der Waals surface area contributed by atoms with Crippen molar-refractivity contribution in [1.29, 1.82) is 0 Å². The summed E-state index contributed by atoms with van der Waals surface area (Å²) < 4.78 is 10.8. The average Bonchev–Trinajstić information content (AvgIpc) is 2.70. The fraction of sp³-hybridized carbons (Fsp3) is 0.357. The Balaban J connectivity index is 1.92. The van der Waals surface area contributed by atoms with E-state index >= 15 is 0 Å². The van der Waals surface area contributed by atoms with Gasteiger partial charge in [0.1, 0.15) is 5.82 Å². The van der Waals surface area contributed by atoms with Gasteiger partial charge >= 0.3 is 0 Å². The molecule has 4 heteroatoms. The van der Waals surface area contributed by atoms with Crippen molar-refractivity contribution in [3.05, 3.63) is 23.8 Å². The van der Waals surface area contributed by atoms with Crippen LogP contribution < -0.4 is 14.8 Å². The molecule has 1 aromatic heterocycles. The maximum atomic E-state index is 5.41. The normalized spacial score (nSPS) is 17.1. The molecule has 0 atom stereocenters. The number of nitrogens with zero attached hydrogens (tertiary/aromatic N) is 1. The molecule has 0 saturated heterocycles. The van der Waals surface area contributed by atoms with Gasteiger partial charge in [0.05, 0.1) is 5.52 Å². The predicted octanol–water partition coefficient (Wildman–Crippen LogP) is 2.71. The summed E-state index contributed by atoms with van der Waals surface area (Å²) in [6.07, 6.45) is 3.52. The van der Waals surface area contributed by atoms with Crippen molar-refractivity contribution < 1.29 is 9.47 Å². The van der Waals surface area contributed by atoms with Crippen LogP contribution >= 0.6 is 0 Å². The Kier molecular flexibility index (Phi) is 2.09. The molecule has 0 aliphatic carbocycles. The largest absolute Gasteiger partial charge is 0.454 e. The first kappa shape index (κ1) is 10.00. The third kappa shape index (κ3) is 1.49. The highest BCUT2D eigenvalue weighted by Crippen LogP contribution is 2.36. The van der Waals surface area contributed by atoms with Gasteiger partial charge in [-0.15, -0.1) is 0 Å². The summed E-state index contributed by atoms with van der Waals surface area (Å²) in [5.41, 5.74) is 2.27. The molecule has 0 radical (unpaired) electrons. The van der Waals surface area contributed by atoms with Crippen molar-refractivity contribution >= 4 is 16.7 Å². The SMILES string of the molecule is c1c2c(nc3cc4c(cc13)OCO4)NCCCC2. The number of hydrogen-bond acceptors (Lipinski definition) is 4. The Bertz CT molecular complexity index is 572. The van der Waals surface area contributed by atoms with Gasteiger partial charge < -0.3 is 14.8 Å². The van der Waals surface area contributed by atoms with Crippen LogP contribution in [0.25, 0.3) is 10.9 Å². The number of benzene rings is 1. The van der Waals surface area contributed by atoms with Crippen LogP contribution in [-0.2, 0) is 6.42 Å². The van der Waals surface area contributed by atoms with E-state index in [9.17, 15) is 0 Å². The molecule has 2 aliphatic heterocycles. The second-order valence-corrected chi connectivity index (χ2v) is 4.78. The van der Waals surface area contributed by atoms with Gasteiger partial charge in [-0.3, -0.25) is 0 Å². The molecular formula is C14H14N2O2. The second-order valence-electron chi connectivity index (χ2n) is 4.78. The molecule has 18 heavy (non-hydrogen) atoms. The summed E-state index contributed by atoms with van der Waals surface area (Å²) in [5.74, 6) is 2.65. The van der Waals surface area contributed by atoms with Gasteiger partial charge in [0.15, 0.2) is 11.5 Å². The standard InChI is InChI=1S/C14H14N2O2/c1-2-4-15-14-9(3-1)5-10-6-12-13(18-8-17-12)7-11(10)16-14/h5-7H,1-4,8H2,(H,15,16). The molecule has 0 spiro atoms. The van der Waals surface area contributed by atoms with E-state index in [2.05, 4.69) is 11.4 Å². The van der Waals surface area contributed by atoms with Crippen LogP contribution in [0.15, 0.2) is 18.2 Å². The highest BCUT2D eigenvalue weighted by molar-refractivity contribution is 5.85. The Morgan fingerprint density at radius 2 is 1.94 bits per heavy atom. The number of aromatic nitrogens is 1. The number of ether oxygens (including phenoxy) is 2. The topological polar surface area (TPSA) is 43.4 Å². The Labute approximate surface area is 105 Å². The zero-order valence-electron chi connectivity index (χ0n) is 10.0. The van der Waals surface area contributed by atoms with Crippen molar-refractivity contribution in [3.8, 4) is 11.5 Å². The molecule has 0 unspecified atom stereocenters. The second kappa shape index (κ2) is 3.77. The van der Waals surface area contributed by atoms with E-state index in [1.54, 1.807) is 0 Å². The van der Waals surface area contributed by atoms with Gasteiger partial charge in [-0.1, -0.05) is 0 Å². The minimum atomic E-state index is 0.309. The molecule has 2 aliphatic rings. The Morgan fingerprint density at radius 3 is 2.89 bits per heavy atom. The van der Waals surface area contributed by atoms with E-state index in [0.29, 0.717) is 6.79 Å². The van der Waals surface area contributed by atoms with Gasteiger partial charge in [0.25, 0.3) is 0 Å². The smallest absolute Gasteiger partial charge is 0.231 e. The molecule has 92 valence electrons. The van der Waals surface area contributed by atoms with E-state index in [4.69, 9.17) is 14.5 Å². The quantitative estimate of drug-likeness (QED) is 0.771. The molecule has 3 heterocycles. The first-order valence-electron chi connectivity index (χ1n) is 6.37. The molecule has 4 nitrogen and oxygen atoms in total. The number of fused-ring (bicyclic) bond motifs is 3. The summed E-state index contributed by atoms with van der Waals surface area (Å²) in [6, 6.07) is 6.21. The zero-order chi connectivity index (χ0) is 11.9. The molecule has 0 amide bonds.